The number of halogens is 8. The molecule has 0 aliphatic rings. The molecule has 0 amide bonds. The maximum atomic E-state index is 13.7. The lowest BCUT2D eigenvalue weighted by Crippen LogP contribution is -2.31. The molecule has 6 rings (SSSR count). The minimum atomic E-state index is -4.75. The predicted molar refractivity (Wildman–Crippen MR) is 199 cm³/mol. The zero-order chi connectivity index (χ0) is 41.5. The second-order valence-corrected chi connectivity index (χ2v) is 14.1. The molecular formula is C39H26Br2F6N6O4. The van der Waals surface area contributed by atoms with Gasteiger partial charge in [-0.05, 0) is 91.3 Å². The number of aliphatic hydroxyl groups is 1. The van der Waals surface area contributed by atoms with Crippen molar-refractivity contribution in [2.24, 2.45) is 0 Å². The topological polar surface area (TPSA) is 139 Å². The number of imidazole rings is 2. The molecule has 0 fully saturated rings. The molecule has 0 saturated heterocycles. The van der Waals surface area contributed by atoms with Crippen molar-refractivity contribution in [3.63, 3.8) is 0 Å². The van der Waals surface area contributed by atoms with Crippen molar-refractivity contribution in [1.82, 2.24) is 19.1 Å². The van der Waals surface area contributed by atoms with Crippen molar-refractivity contribution in [3.05, 3.63) is 153 Å². The van der Waals surface area contributed by atoms with Gasteiger partial charge >= 0.3 is 12.4 Å². The van der Waals surface area contributed by atoms with E-state index in [9.17, 15) is 36.2 Å². The molecule has 4 aromatic carbocycles. The summed E-state index contributed by atoms with van der Waals surface area (Å²) in [4.78, 5) is 20.0. The maximum absolute atomic E-state index is 13.7. The first kappa shape index (κ1) is 42.2. The van der Waals surface area contributed by atoms with Gasteiger partial charge in [0.2, 0.25) is 0 Å². The second-order valence-electron chi connectivity index (χ2n) is 12.3. The number of nitrogens with zero attached hydrogens (tertiary/aromatic N) is 6. The fourth-order valence-electron chi connectivity index (χ4n) is 5.37. The number of carbonyl (C=O) groups is 1. The van der Waals surface area contributed by atoms with E-state index in [-0.39, 0.29) is 35.0 Å². The third-order valence-electron chi connectivity index (χ3n) is 8.02. The van der Waals surface area contributed by atoms with Crippen LogP contribution in [0.2, 0.25) is 0 Å². The first-order valence-corrected chi connectivity index (χ1v) is 17.8. The van der Waals surface area contributed by atoms with Crippen molar-refractivity contribution in [2.45, 2.75) is 38.0 Å². The van der Waals surface area contributed by atoms with Crippen LogP contribution in [0.25, 0.3) is 0 Å². The van der Waals surface area contributed by atoms with Crippen LogP contribution in [0.4, 0.5) is 26.3 Å². The van der Waals surface area contributed by atoms with Gasteiger partial charge in [0.25, 0.3) is 0 Å². The van der Waals surface area contributed by atoms with E-state index in [1.807, 2.05) is 12.1 Å². The molecule has 2 aromatic heterocycles. The Morgan fingerprint density at radius 2 is 1.12 bits per heavy atom. The number of hydrogen-bond donors (Lipinski definition) is 1. The Balaban J connectivity index is 0.000000218. The van der Waals surface area contributed by atoms with E-state index >= 15 is 0 Å². The third kappa shape index (κ3) is 10.9. The molecule has 1 atom stereocenters. The Morgan fingerprint density at radius 1 is 0.684 bits per heavy atom. The summed E-state index contributed by atoms with van der Waals surface area (Å²) in [7, 11) is 0. The van der Waals surface area contributed by atoms with Crippen LogP contribution in [0.5, 0.6) is 23.0 Å². The van der Waals surface area contributed by atoms with Crippen LogP contribution >= 0.6 is 31.9 Å². The first-order chi connectivity index (χ1) is 26.9. The van der Waals surface area contributed by atoms with Gasteiger partial charge in [0.1, 0.15) is 52.1 Å². The van der Waals surface area contributed by atoms with E-state index in [0.717, 1.165) is 27.1 Å². The number of Topliss-reactive ketones (excluding diaryl/α,β-unsaturated/α-hetero) is 1. The molecule has 2 heterocycles. The quantitative estimate of drug-likeness (QED) is 0.106. The zero-order valence-electron chi connectivity index (χ0n) is 29.2. The van der Waals surface area contributed by atoms with Gasteiger partial charge in [0.05, 0.1) is 49.3 Å². The maximum Gasteiger partial charge on any atom is 0.417 e. The number of hydrogen-bond acceptors (Lipinski definition) is 8. The molecule has 0 aliphatic heterocycles. The molecule has 1 unspecified atom stereocenters. The highest BCUT2D eigenvalue weighted by Crippen LogP contribution is 2.41. The van der Waals surface area contributed by atoms with Gasteiger partial charge in [-0.2, -0.15) is 36.9 Å². The Kier molecular flexibility index (Phi) is 12.9. The average molecular weight is 916 g/mol. The van der Waals surface area contributed by atoms with Crippen molar-refractivity contribution < 1.29 is 45.7 Å². The molecule has 0 aliphatic carbocycles. The summed E-state index contributed by atoms with van der Waals surface area (Å²) in [5, 5.41) is 28.8. The number of alkyl halides is 6. The molecule has 6 aromatic rings. The SMILES string of the molecule is CC(O)(Cn1cncc1C#N)c1ccc(Oc2ccc(Br)cc2)cc1C(F)(F)F.N#Cc1cncn1CC(=O)c1ccc(Oc2ccc(Br)cc2)cc1C(F)(F)F. The summed E-state index contributed by atoms with van der Waals surface area (Å²) in [5.74, 6) is -0.131. The Labute approximate surface area is 337 Å². The average Bonchev–Trinajstić information content (AvgIpc) is 3.81. The molecule has 0 spiro atoms. The molecule has 292 valence electrons. The molecule has 0 saturated carbocycles. The Morgan fingerprint density at radius 3 is 1.61 bits per heavy atom. The number of ketones is 1. The lowest BCUT2D eigenvalue weighted by Gasteiger charge is -2.28. The highest BCUT2D eigenvalue weighted by atomic mass is 79.9. The minimum absolute atomic E-state index is 0.0143. The van der Waals surface area contributed by atoms with E-state index in [4.69, 9.17) is 20.0 Å². The summed E-state index contributed by atoms with van der Waals surface area (Å²) < 4.78 is 96.8. The van der Waals surface area contributed by atoms with Crippen molar-refractivity contribution in [3.8, 4) is 35.1 Å². The van der Waals surface area contributed by atoms with Crippen LogP contribution in [0.3, 0.4) is 0 Å². The summed E-state index contributed by atoms with van der Waals surface area (Å²) in [6, 6.07) is 23.5. The van der Waals surface area contributed by atoms with E-state index in [2.05, 4.69) is 41.8 Å². The zero-order valence-corrected chi connectivity index (χ0v) is 32.4. The number of benzene rings is 4. The molecule has 10 nitrogen and oxygen atoms in total. The number of rotatable bonds is 10. The molecule has 0 bridgehead atoms. The highest BCUT2D eigenvalue weighted by Gasteiger charge is 2.40. The van der Waals surface area contributed by atoms with Crippen molar-refractivity contribution in [2.75, 3.05) is 0 Å². The standard InChI is InChI=1S/C20H15BrF3N3O2.C19H11BrF3N3O2/c1-19(28,11-27-12-26-10-14(27)9-25)17-7-6-16(8-18(17)20(22,23)24)29-15-4-2-13(21)3-5-15;20-12-1-3-14(4-2-12)28-15-5-6-16(17(7-15)19(21,22)23)18(27)10-26-11-25-9-13(26)8-24/h2-8,10,12,28H,11H2,1H3;1-7,9,11H,10H2. The van der Waals surface area contributed by atoms with Crippen molar-refractivity contribution >= 4 is 37.6 Å². The van der Waals surface area contributed by atoms with Gasteiger partial charge in [-0.1, -0.05) is 37.9 Å². The van der Waals surface area contributed by atoms with Gasteiger partial charge in [-0.15, -0.1) is 0 Å². The normalized spacial score (nSPS) is 12.4. The van der Waals surface area contributed by atoms with E-state index in [1.54, 1.807) is 48.5 Å². The van der Waals surface area contributed by atoms with E-state index in [0.29, 0.717) is 11.5 Å². The molecule has 57 heavy (non-hydrogen) atoms. The number of aromatic nitrogens is 4. The largest absolute Gasteiger partial charge is 0.457 e. The summed E-state index contributed by atoms with van der Waals surface area (Å²) in [6.45, 7) is 0.554. The monoisotopic (exact) mass is 914 g/mol. The van der Waals surface area contributed by atoms with Gasteiger partial charge in [0.15, 0.2) is 5.78 Å². The third-order valence-corrected chi connectivity index (χ3v) is 9.08. The Bertz CT molecular complexity index is 2450. The highest BCUT2D eigenvalue weighted by molar-refractivity contribution is 9.10. The number of carbonyl (C=O) groups excluding carboxylic acids is 1. The molecule has 1 N–H and O–H groups in total. The van der Waals surface area contributed by atoms with Crippen LogP contribution in [0, 0.1) is 22.7 Å². The second kappa shape index (κ2) is 17.5. The fraction of sp³-hybridized carbons (Fsp3) is 0.154. The first-order valence-electron chi connectivity index (χ1n) is 16.2. The van der Waals surface area contributed by atoms with Crippen LogP contribution in [-0.4, -0.2) is 30.0 Å². The van der Waals surface area contributed by atoms with Gasteiger partial charge < -0.3 is 23.7 Å². The van der Waals surface area contributed by atoms with E-state index < -0.39 is 47.0 Å². The van der Waals surface area contributed by atoms with Crippen LogP contribution in [0.15, 0.2) is 119 Å². The summed E-state index contributed by atoms with van der Waals surface area (Å²) in [5.41, 5.74) is -4.65. The number of nitriles is 2. The number of ether oxygens (including phenoxy) is 2. The molecular weight excluding hydrogens is 890 g/mol. The van der Waals surface area contributed by atoms with Crippen LogP contribution < -0.4 is 9.47 Å². The lowest BCUT2D eigenvalue weighted by atomic mass is 9.90. The van der Waals surface area contributed by atoms with Gasteiger partial charge in [-0.3, -0.25) is 4.79 Å². The minimum Gasteiger partial charge on any atom is -0.457 e. The lowest BCUT2D eigenvalue weighted by molar-refractivity contribution is -0.141. The summed E-state index contributed by atoms with van der Waals surface area (Å²) >= 11 is 6.54. The summed E-state index contributed by atoms with van der Waals surface area (Å²) in [6.07, 6.45) is -4.47. The Hall–Kier alpha value is -5.95. The molecule has 18 heteroatoms. The van der Waals surface area contributed by atoms with E-state index in [1.165, 1.54) is 59.3 Å². The van der Waals surface area contributed by atoms with Crippen LogP contribution in [0.1, 0.15) is 45.4 Å². The van der Waals surface area contributed by atoms with Crippen molar-refractivity contribution in [1.29, 1.82) is 10.5 Å². The predicted octanol–water partition coefficient (Wildman–Crippen LogP) is 10.4. The van der Waals surface area contributed by atoms with Gasteiger partial charge in [-0.25, -0.2) is 9.97 Å². The van der Waals surface area contributed by atoms with Gasteiger partial charge in [0, 0.05) is 14.5 Å². The fourth-order valence-corrected chi connectivity index (χ4v) is 5.90. The smallest absolute Gasteiger partial charge is 0.417 e. The van der Waals surface area contributed by atoms with Crippen LogP contribution in [-0.2, 0) is 31.0 Å². The molecule has 0 radical (unpaired) electrons.